The Balaban J connectivity index is 1.33. The number of aryl methyl sites for hydroxylation is 1. The van der Waals surface area contributed by atoms with Gasteiger partial charge in [-0.3, -0.25) is 9.88 Å². The molecule has 1 aliphatic carbocycles. The van der Waals surface area contributed by atoms with Gasteiger partial charge in [0, 0.05) is 78.8 Å². The molecule has 45 heavy (non-hydrogen) atoms. The number of rotatable bonds is 8. The molecule has 2 unspecified atom stereocenters. The van der Waals surface area contributed by atoms with Crippen LogP contribution in [0.1, 0.15) is 65.9 Å². The third-order valence-corrected chi connectivity index (χ3v) is 9.76. The molecule has 9 heteroatoms. The minimum absolute atomic E-state index is 0.183. The summed E-state index contributed by atoms with van der Waals surface area (Å²) in [5.41, 5.74) is 6.13. The first-order valence-corrected chi connectivity index (χ1v) is 16.3. The van der Waals surface area contributed by atoms with E-state index in [0.717, 1.165) is 110 Å². The van der Waals surface area contributed by atoms with Gasteiger partial charge in [-0.05, 0) is 73.2 Å². The van der Waals surface area contributed by atoms with Crippen LogP contribution in [0.15, 0.2) is 60.9 Å². The largest absolute Gasteiger partial charge is 0.489 e. The Bertz CT molecular complexity index is 1650. The monoisotopic (exact) mass is 612 g/mol. The van der Waals surface area contributed by atoms with Gasteiger partial charge >= 0.3 is 5.97 Å². The molecule has 2 N–H and O–H groups in total. The summed E-state index contributed by atoms with van der Waals surface area (Å²) >= 11 is 0. The number of nitrogens with zero attached hydrogens (tertiary/aromatic N) is 3. The first-order chi connectivity index (χ1) is 22.0. The first-order valence-electron chi connectivity index (χ1n) is 16.3. The molecule has 3 aliphatic rings. The third kappa shape index (κ3) is 6.29. The molecule has 8 nitrogen and oxygen atoms in total. The molecule has 1 saturated heterocycles. The van der Waals surface area contributed by atoms with Crippen LogP contribution in [0.25, 0.3) is 22.2 Å². The summed E-state index contributed by atoms with van der Waals surface area (Å²) < 4.78 is 29.9. The van der Waals surface area contributed by atoms with Crippen LogP contribution in [0.4, 0.5) is 10.1 Å². The highest BCUT2D eigenvalue weighted by Gasteiger charge is 2.34. The summed E-state index contributed by atoms with van der Waals surface area (Å²) in [5, 5.41) is 14.7. The number of anilines is 1. The average molecular weight is 613 g/mol. The van der Waals surface area contributed by atoms with Gasteiger partial charge < -0.3 is 24.5 Å². The number of fused-ring (bicyclic) bond motifs is 5. The van der Waals surface area contributed by atoms with Gasteiger partial charge in [0.05, 0.1) is 24.5 Å². The van der Waals surface area contributed by atoms with Gasteiger partial charge in [0.15, 0.2) is 0 Å². The zero-order valence-electron chi connectivity index (χ0n) is 25.6. The van der Waals surface area contributed by atoms with E-state index in [4.69, 9.17) is 9.47 Å². The molecule has 236 valence electrons. The van der Waals surface area contributed by atoms with Crippen LogP contribution in [0, 0.1) is 0 Å². The van der Waals surface area contributed by atoms with Crippen molar-refractivity contribution >= 4 is 22.6 Å². The van der Waals surface area contributed by atoms with E-state index >= 15 is 4.39 Å². The molecule has 1 saturated carbocycles. The number of aromatic nitrogens is 2. The number of aromatic carboxylic acids is 1. The van der Waals surface area contributed by atoms with Crippen LogP contribution in [-0.2, 0) is 17.9 Å². The molecule has 2 aromatic heterocycles. The summed E-state index contributed by atoms with van der Waals surface area (Å²) in [4.78, 5) is 18.6. The molecule has 3 atom stereocenters. The predicted molar refractivity (Wildman–Crippen MR) is 173 cm³/mol. The van der Waals surface area contributed by atoms with Crippen LogP contribution >= 0.6 is 0 Å². The highest BCUT2D eigenvalue weighted by Crippen LogP contribution is 2.48. The van der Waals surface area contributed by atoms with Crippen LogP contribution < -0.4 is 10.1 Å². The summed E-state index contributed by atoms with van der Waals surface area (Å²) in [6.45, 7) is 5.52. The zero-order valence-corrected chi connectivity index (χ0v) is 25.6. The molecule has 7 rings (SSSR count). The standard InChI is InChI=1S/C36H41FN4O4/c37-31-4-2-1-3-28(31)34-30-7-5-25(36(42)43)21-33(30)41-16-12-26(11-15-40-17-19-44-20-18-40)39-32-22-27(6-8-29(32)35(34)41)45-23-24-9-13-38-14-10-24/h5-10,13-14,21-22,26,28,31,39H,1-4,11-12,15-20,23H2,(H,42,43)/t26?,28?,31-/m0/s1. The second-order valence-electron chi connectivity index (χ2n) is 12.6. The maximum atomic E-state index is 15.8. The van der Waals surface area contributed by atoms with Crippen LogP contribution in [-0.4, -0.2) is 70.6 Å². The molecule has 4 aromatic rings. The molecule has 2 fully saturated rings. The van der Waals surface area contributed by atoms with E-state index in [1.807, 2.05) is 24.3 Å². The van der Waals surface area contributed by atoms with Crippen molar-refractivity contribution in [1.29, 1.82) is 0 Å². The molecule has 0 bridgehead atoms. The van der Waals surface area contributed by atoms with Crippen molar-refractivity contribution in [2.24, 2.45) is 0 Å². The molecule has 4 heterocycles. The molecule has 0 spiro atoms. The number of alkyl halides is 1. The Hall–Kier alpha value is -3.95. The van der Waals surface area contributed by atoms with Gasteiger partial charge in [0.2, 0.25) is 0 Å². The van der Waals surface area contributed by atoms with Gasteiger partial charge in [0.25, 0.3) is 0 Å². The fraction of sp³-hybridized carbons (Fsp3) is 0.444. The number of carbonyl (C=O) groups is 1. The topological polar surface area (TPSA) is 88.9 Å². The second-order valence-corrected chi connectivity index (χ2v) is 12.6. The second kappa shape index (κ2) is 13.2. The van der Waals surface area contributed by atoms with Crippen molar-refractivity contribution in [3.8, 4) is 17.0 Å². The molecule has 0 radical (unpaired) electrons. The Morgan fingerprint density at radius 2 is 1.84 bits per heavy atom. The molecule has 2 aliphatic heterocycles. The normalized spacial score (nSPS) is 22.1. The number of hydrogen-bond donors (Lipinski definition) is 2. The number of ether oxygens (including phenoxy) is 2. The van der Waals surface area contributed by atoms with E-state index in [-0.39, 0.29) is 17.5 Å². The molecule has 0 amide bonds. The molecule has 2 aromatic carbocycles. The molecular weight excluding hydrogens is 571 g/mol. The van der Waals surface area contributed by atoms with Gasteiger partial charge in [0.1, 0.15) is 18.5 Å². The average Bonchev–Trinajstić information content (AvgIpc) is 3.37. The van der Waals surface area contributed by atoms with Gasteiger partial charge in [-0.2, -0.15) is 0 Å². The van der Waals surface area contributed by atoms with Crippen LogP contribution in [0.3, 0.4) is 0 Å². The minimum Gasteiger partial charge on any atom is -0.489 e. The van der Waals surface area contributed by atoms with E-state index < -0.39 is 12.1 Å². The van der Waals surface area contributed by atoms with E-state index in [1.54, 1.807) is 24.5 Å². The highest BCUT2D eigenvalue weighted by molar-refractivity contribution is 5.99. The van der Waals surface area contributed by atoms with Gasteiger partial charge in [-0.15, -0.1) is 0 Å². The number of nitrogens with one attached hydrogen (secondary N) is 1. The minimum atomic E-state index is -0.956. The summed E-state index contributed by atoms with van der Waals surface area (Å²) in [6, 6.07) is 15.6. The molecular formula is C36H41FN4O4. The van der Waals surface area contributed by atoms with Crippen LogP contribution in [0.2, 0.25) is 0 Å². The Kier molecular flexibility index (Phi) is 8.72. The Morgan fingerprint density at radius 1 is 1.02 bits per heavy atom. The summed E-state index contributed by atoms with van der Waals surface area (Å²) in [5.74, 6) is -0.438. The Morgan fingerprint density at radius 3 is 2.64 bits per heavy atom. The lowest BCUT2D eigenvalue weighted by Gasteiger charge is -2.32. The predicted octanol–water partition coefficient (Wildman–Crippen LogP) is 6.88. The lowest BCUT2D eigenvalue weighted by Crippen LogP contribution is -2.39. The zero-order chi connectivity index (χ0) is 30.8. The Labute approximate surface area is 263 Å². The highest BCUT2D eigenvalue weighted by atomic mass is 19.1. The van der Waals surface area contributed by atoms with Crippen molar-refractivity contribution in [3.63, 3.8) is 0 Å². The van der Waals surface area contributed by atoms with Crippen LogP contribution in [0.5, 0.6) is 5.75 Å². The van der Waals surface area contributed by atoms with E-state index in [2.05, 4.69) is 31.9 Å². The number of hydrogen-bond acceptors (Lipinski definition) is 6. The summed E-state index contributed by atoms with van der Waals surface area (Å²) in [6.07, 6.45) is 7.63. The fourth-order valence-corrected chi connectivity index (χ4v) is 7.36. The number of pyridine rings is 1. The maximum absolute atomic E-state index is 15.8. The van der Waals surface area contributed by atoms with E-state index in [1.165, 1.54) is 0 Å². The SMILES string of the molecule is O=C(O)c1ccc2c(C3CCCC[C@@H]3F)c3n(c2c1)CCC(CCN1CCOCC1)Nc1cc(OCc2ccncc2)ccc1-3. The first kappa shape index (κ1) is 29.7. The quantitative estimate of drug-likeness (QED) is 0.224. The lowest BCUT2D eigenvalue weighted by molar-refractivity contribution is 0.0367. The number of carboxylic acid groups (broad SMARTS) is 1. The van der Waals surface area contributed by atoms with E-state index in [9.17, 15) is 9.90 Å². The lowest BCUT2D eigenvalue weighted by atomic mass is 9.80. The fourth-order valence-electron chi connectivity index (χ4n) is 7.36. The van der Waals surface area contributed by atoms with Gasteiger partial charge in [-0.25, -0.2) is 9.18 Å². The van der Waals surface area contributed by atoms with Crippen molar-refractivity contribution < 1.29 is 23.8 Å². The van der Waals surface area contributed by atoms with E-state index in [0.29, 0.717) is 19.6 Å². The summed E-state index contributed by atoms with van der Waals surface area (Å²) in [7, 11) is 0. The van der Waals surface area contributed by atoms with Gasteiger partial charge in [-0.1, -0.05) is 18.9 Å². The number of morpholine rings is 1. The number of halogens is 1. The third-order valence-electron chi connectivity index (χ3n) is 9.76. The number of benzene rings is 2. The number of carboxylic acids is 1. The van der Waals surface area contributed by atoms with Crippen molar-refractivity contribution in [2.45, 2.75) is 69.8 Å². The van der Waals surface area contributed by atoms with Crippen molar-refractivity contribution in [3.05, 3.63) is 77.6 Å². The van der Waals surface area contributed by atoms with Crippen molar-refractivity contribution in [2.75, 3.05) is 38.2 Å². The maximum Gasteiger partial charge on any atom is 0.335 e. The smallest absolute Gasteiger partial charge is 0.335 e. The van der Waals surface area contributed by atoms with Crippen molar-refractivity contribution in [1.82, 2.24) is 14.5 Å².